The van der Waals surface area contributed by atoms with Crippen molar-refractivity contribution in [3.05, 3.63) is 0 Å². The molecule has 0 aromatic heterocycles. The van der Waals surface area contributed by atoms with Crippen molar-refractivity contribution in [1.29, 1.82) is 0 Å². The lowest BCUT2D eigenvalue weighted by Crippen LogP contribution is -2.20. The van der Waals surface area contributed by atoms with E-state index in [0.29, 0.717) is 6.61 Å². The minimum Gasteiger partial charge on any atom is -0.465 e. The molecule has 72 valence electrons. The number of carbonyl (C=O) groups excluding carboxylic acids is 1. The SMILES string of the molecule is CCCCOC(=O)C(C)C(Cl)Br. The second kappa shape index (κ2) is 6.72. The van der Waals surface area contributed by atoms with Gasteiger partial charge >= 0.3 is 5.97 Å². The number of hydrogen-bond acceptors (Lipinski definition) is 2. The Bertz CT molecular complexity index is 139. The fourth-order valence-electron chi connectivity index (χ4n) is 0.551. The maximum absolute atomic E-state index is 11.1. The van der Waals surface area contributed by atoms with E-state index < -0.39 is 0 Å². The summed E-state index contributed by atoms with van der Waals surface area (Å²) in [5.41, 5.74) is 0. The third-order valence-corrected chi connectivity index (χ3v) is 2.66. The standard InChI is InChI=1S/C8H14BrClO2/c1-3-4-5-12-8(11)6(2)7(9)10/h6-7H,3-5H2,1-2H3. The minimum absolute atomic E-state index is 0.236. The van der Waals surface area contributed by atoms with E-state index in [-0.39, 0.29) is 16.2 Å². The van der Waals surface area contributed by atoms with Crippen LogP contribution in [0, 0.1) is 5.92 Å². The smallest absolute Gasteiger partial charge is 0.311 e. The molecule has 0 bridgehead atoms. The van der Waals surface area contributed by atoms with Gasteiger partial charge in [0.25, 0.3) is 0 Å². The highest BCUT2D eigenvalue weighted by Crippen LogP contribution is 2.18. The summed E-state index contributed by atoms with van der Waals surface area (Å²) in [6.45, 7) is 4.28. The predicted octanol–water partition coefficient (Wildman–Crippen LogP) is 2.93. The van der Waals surface area contributed by atoms with E-state index >= 15 is 0 Å². The summed E-state index contributed by atoms with van der Waals surface area (Å²) in [7, 11) is 0. The van der Waals surface area contributed by atoms with E-state index in [1.807, 2.05) is 6.92 Å². The molecule has 0 amide bonds. The molecule has 0 N–H and O–H groups in total. The van der Waals surface area contributed by atoms with Crippen molar-refractivity contribution in [2.75, 3.05) is 6.61 Å². The van der Waals surface area contributed by atoms with Gasteiger partial charge in [-0.1, -0.05) is 29.3 Å². The molecule has 4 heteroatoms. The lowest BCUT2D eigenvalue weighted by Gasteiger charge is -2.11. The Hall–Kier alpha value is 0.240. The van der Waals surface area contributed by atoms with E-state index in [0.717, 1.165) is 12.8 Å². The molecule has 0 aliphatic heterocycles. The van der Waals surface area contributed by atoms with Crippen molar-refractivity contribution in [3.63, 3.8) is 0 Å². The van der Waals surface area contributed by atoms with E-state index in [4.69, 9.17) is 16.3 Å². The Morgan fingerprint density at radius 1 is 1.67 bits per heavy atom. The van der Waals surface area contributed by atoms with E-state index in [9.17, 15) is 4.79 Å². The summed E-state index contributed by atoms with van der Waals surface area (Å²) in [5.74, 6) is -0.524. The third-order valence-electron chi connectivity index (χ3n) is 1.49. The first kappa shape index (κ1) is 12.2. The Balaban J connectivity index is 3.57. The van der Waals surface area contributed by atoms with Gasteiger partial charge in [0.15, 0.2) is 0 Å². The molecular formula is C8H14BrClO2. The molecule has 0 spiro atoms. The number of hydrogen-bond donors (Lipinski definition) is 0. The third kappa shape index (κ3) is 4.99. The van der Waals surface area contributed by atoms with Gasteiger partial charge in [0.05, 0.1) is 12.5 Å². The largest absolute Gasteiger partial charge is 0.465 e. The second-order valence-electron chi connectivity index (χ2n) is 2.64. The van der Waals surface area contributed by atoms with Crippen molar-refractivity contribution < 1.29 is 9.53 Å². The van der Waals surface area contributed by atoms with Crippen molar-refractivity contribution in [2.24, 2.45) is 5.92 Å². The molecular weight excluding hydrogens is 243 g/mol. The molecule has 2 atom stereocenters. The monoisotopic (exact) mass is 256 g/mol. The maximum Gasteiger partial charge on any atom is 0.311 e. The quantitative estimate of drug-likeness (QED) is 0.430. The molecule has 0 fully saturated rings. The number of alkyl halides is 2. The normalized spacial score (nSPS) is 15.3. The zero-order valence-corrected chi connectivity index (χ0v) is 9.69. The van der Waals surface area contributed by atoms with Gasteiger partial charge in [0.2, 0.25) is 0 Å². The van der Waals surface area contributed by atoms with Crippen LogP contribution in [0.5, 0.6) is 0 Å². The van der Waals surface area contributed by atoms with E-state index in [1.54, 1.807) is 6.92 Å². The number of ether oxygens (including phenoxy) is 1. The van der Waals surface area contributed by atoms with Crippen LogP contribution in [0.2, 0.25) is 0 Å². The molecule has 0 aromatic carbocycles. The predicted molar refractivity (Wildman–Crippen MR) is 53.6 cm³/mol. The minimum atomic E-state index is -0.341. The summed E-state index contributed by atoms with van der Waals surface area (Å²) in [4.78, 5) is 11.1. The maximum atomic E-state index is 11.1. The fraction of sp³-hybridized carbons (Fsp3) is 0.875. The van der Waals surface area contributed by atoms with Crippen LogP contribution >= 0.6 is 27.5 Å². The number of carbonyl (C=O) groups is 1. The van der Waals surface area contributed by atoms with Crippen molar-refractivity contribution in [3.8, 4) is 0 Å². The Kier molecular flexibility index (Phi) is 6.86. The van der Waals surface area contributed by atoms with Gasteiger partial charge in [-0.15, -0.1) is 11.6 Å². The van der Waals surface area contributed by atoms with Crippen LogP contribution in [-0.4, -0.2) is 16.9 Å². The molecule has 0 aliphatic rings. The Labute approximate surface area is 86.7 Å². The molecule has 12 heavy (non-hydrogen) atoms. The van der Waals surface area contributed by atoms with Gasteiger partial charge in [0.1, 0.15) is 4.29 Å². The summed E-state index contributed by atoms with van der Waals surface area (Å²) < 4.78 is 4.61. The molecule has 0 rings (SSSR count). The summed E-state index contributed by atoms with van der Waals surface area (Å²) in [6.07, 6.45) is 1.94. The molecule has 0 aliphatic carbocycles. The summed E-state index contributed by atoms with van der Waals surface area (Å²) in [5, 5.41) is 0. The van der Waals surface area contributed by atoms with Gasteiger partial charge in [-0.3, -0.25) is 4.79 Å². The number of rotatable bonds is 5. The van der Waals surface area contributed by atoms with Crippen molar-refractivity contribution >= 4 is 33.5 Å². The molecule has 0 saturated heterocycles. The van der Waals surface area contributed by atoms with E-state index in [2.05, 4.69) is 15.9 Å². The van der Waals surface area contributed by atoms with Crippen LogP contribution in [0.25, 0.3) is 0 Å². The highest BCUT2D eigenvalue weighted by Gasteiger charge is 2.20. The van der Waals surface area contributed by atoms with Crippen LogP contribution in [0.1, 0.15) is 26.7 Å². The van der Waals surface area contributed by atoms with Crippen LogP contribution in [0.15, 0.2) is 0 Å². The van der Waals surface area contributed by atoms with Gasteiger partial charge in [-0.2, -0.15) is 0 Å². The molecule has 2 nitrogen and oxygen atoms in total. The molecule has 2 unspecified atom stereocenters. The van der Waals surface area contributed by atoms with E-state index in [1.165, 1.54) is 0 Å². The van der Waals surface area contributed by atoms with Crippen LogP contribution in [0.3, 0.4) is 0 Å². The lowest BCUT2D eigenvalue weighted by atomic mass is 10.2. The van der Waals surface area contributed by atoms with Crippen LogP contribution in [-0.2, 0) is 9.53 Å². The zero-order valence-electron chi connectivity index (χ0n) is 7.35. The average Bonchev–Trinajstić information content (AvgIpc) is 2.03. The molecule has 0 saturated carbocycles. The summed E-state index contributed by atoms with van der Waals surface area (Å²) >= 11 is 8.77. The average molecular weight is 258 g/mol. The van der Waals surface area contributed by atoms with Crippen molar-refractivity contribution in [1.82, 2.24) is 0 Å². The second-order valence-corrected chi connectivity index (χ2v) is 4.63. The highest BCUT2D eigenvalue weighted by molar-refractivity contribution is 9.10. The molecule has 0 heterocycles. The fourth-order valence-corrected chi connectivity index (χ4v) is 0.870. The zero-order chi connectivity index (χ0) is 9.56. The van der Waals surface area contributed by atoms with Gasteiger partial charge in [-0.05, 0) is 13.3 Å². The van der Waals surface area contributed by atoms with Gasteiger partial charge in [-0.25, -0.2) is 0 Å². The van der Waals surface area contributed by atoms with Crippen LogP contribution < -0.4 is 0 Å². The summed E-state index contributed by atoms with van der Waals surface area (Å²) in [6, 6.07) is 0. The first-order chi connectivity index (χ1) is 5.59. The van der Waals surface area contributed by atoms with Crippen molar-refractivity contribution in [2.45, 2.75) is 31.0 Å². The first-order valence-electron chi connectivity index (χ1n) is 4.04. The number of halogens is 2. The number of unbranched alkanes of at least 4 members (excludes halogenated alkanes) is 1. The number of esters is 1. The highest BCUT2D eigenvalue weighted by atomic mass is 79.9. The molecule has 0 radical (unpaired) electrons. The first-order valence-corrected chi connectivity index (χ1v) is 5.39. The lowest BCUT2D eigenvalue weighted by molar-refractivity contribution is -0.147. The van der Waals surface area contributed by atoms with Crippen LogP contribution in [0.4, 0.5) is 0 Å². The Morgan fingerprint density at radius 3 is 2.67 bits per heavy atom. The Morgan fingerprint density at radius 2 is 2.25 bits per heavy atom. The van der Waals surface area contributed by atoms with Gasteiger partial charge < -0.3 is 4.74 Å². The van der Waals surface area contributed by atoms with Gasteiger partial charge in [0, 0.05) is 0 Å². The molecule has 0 aromatic rings. The topological polar surface area (TPSA) is 26.3 Å².